The average Bonchev–Trinajstić information content (AvgIpc) is 2.99. The smallest absolute Gasteiger partial charge is 0.167 e. The number of aryl methyl sites for hydroxylation is 1. The lowest BCUT2D eigenvalue weighted by Crippen LogP contribution is -2.18. The van der Waals surface area contributed by atoms with Gasteiger partial charge < -0.3 is 14.6 Å². The highest BCUT2D eigenvalue weighted by molar-refractivity contribution is 5.99. The summed E-state index contributed by atoms with van der Waals surface area (Å²) in [7, 11) is 0. The van der Waals surface area contributed by atoms with Crippen LogP contribution in [0.3, 0.4) is 0 Å². The van der Waals surface area contributed by atoms with Gasteiger partial charge in [-0.25, -0.2) is 0 Å². The van der Waals surface area contributed by atoms with Crippen LogP contribution in [0.5, 0.6) is 11.5 Å². The van der Waals surface area contributed by atoms with Crippen LogP contribution >= 0.6 is 0 Å². The molecule has 2 N–H and O–H groups in total. The number of hydrogen-bond donors (Lipinski definition) is 2. The lowest BCUT2D eigenvalue weighted by Gasteiger charge is -2.24. The Labute approximate surface area is 160 Å². The molecular formula is C23H28O4. The van der Waals surface area contributed by atoms with Crippen LogP contribution in [0.2, 0.25) is 0 Å². The highest BCUT2D eigenvalue weighted by atomic mass is 16.3. The van der Waals surface area contributed by atoms with Crippen molar-refractivity contribution in [1.82, 2.24) is 0 Å². The minimum atomic E-state index is -0.376. The third-order valence-corrected chi connectivity index (χ3v) is 4.79. The molecule has 27 heavy (non-hydrogen) atoms. The summed E-state index contributed by atoms with van der Waals surface area (Å²) in [6.07, 6.45) is 8.35. The first-order valence-electron chi connectivity index (χ1n) is 9.11. The van der Waals surface area contributed by atoms with Crippen molar-refractivity contribution < 1.29 is 19.4 Å². The molecule has 2 aromatic rings. The van der Waals surface area contributed by atoms with Crippen molar-refractivity contribution in [3.05, 3.63) is 71.7 Å². The van der Waals surface area contributed by atoms with Crippen molar-refractivity contribution in [1.29, 1.82) is 0 Å². The maximum absolute atomic E-state index is 12.6. The van der Waals surface area contributed by atoms with E-state index in [2.05, 4.69) is 19.6 Å². The van der Waals surface area contributed by atoms with Gasteiger partial charge in [-0.1, -0.05) is 24.6 Å². The molecule has 0 radical (unpaired) electrons. The quantitative estimate of drug-likeness (QED) is 0.438. The van der Waals surface area contributed by atoms with Crippen molar-refractivity contribution >= 4 is 5.78 Å². The maximum Gasteiger partial charge on any atom is 0.167 e. The predicted molar refractivity (Wildman–Crippen MR) is 107 cm³/mol. The Morgan fingerprint density at radius 3 is 2.63 bits per heavy atom. The fraction of sp³-hybridized carbons (Fsp3) is 0.348. The number of Topliss-reactive ketones (excluding diaryl/α,β-unsaturated/α-hetero) is 1. The second-order valence-electron chi connectivity index (χ2n) is 7.52. The van der Waals surface area contributed by atoms with E-state index in [1.165, 1.54) is 23.8 Å². The van der Waals surface area contributed by atoms with Gasteiger partial charge in [-0.05, 0) is 55.9 Å². The minimum absolute atomic E-state index is 0.0668. The first kappa shape index (κ1) is 20.6. The number of phenols is 2. The standard InChI is InChI=1S/C23H28O4/c1-5-23(4,14-22(26)20-9-8-18(24)13-21(20)25)10-6-7-16(2)11-19-12-17(3)15-27-19/h5,7-9,12-13,15,24-25H,1,6,10-11,14H2,2-4H3. The van der Waals surface area contributed by atoms with Crippen molar-refractivity contribution in [2.75, 3.05) is 0 Å². The Balaban J connectivity index is 1.96. The molecule has 0 aliphatic heterocycles. The van der Waals surface area contributed by atoms with E-state index in [1.807, 2.05) is 19.9 Å². The van der Waals surface area contributed by atoms with Crippen LogP contribution in [0.15, 0.2) is 59.2 Å². The fourth-order valence-electron chi connectivity index (χ4n) is 3.06. The minimum Gasteiger partial charge on any atom is -0.508 e. The second kappa shape index (κ2) is 8.76. The zero-order chi connectivity index (χ0) is 20.0. The van der Waals surface area contributed by atoms with Crippen LogP contribution in [0.1, 0.15) is 54.8 Å². The van der Waals surface area contributed by atoms with E-state index in [0.29, 0.717) is 0 Å². The molecular weight excluding hydrogens is 340 g/mol. The zero-order valence-electron chi connectivity index (χ0n) is 16.3. The van der Waals surface area contributed by atoms with Gasteiger partial charge in [0.2, 0.25) is 0 Å². The summed E-state index contributed by atoms with van der Waals surface area (Å²) in [5.41, 5.74) is 2.19. The Morgan fingerprint density at radius 2 is 2.04 bits per heavy atom. The molecule has 4 nitrogen and oxygen atoms in total. The Hall–Kier alpha value is -2.75. The number of furan rings is 1. The number of ketones is 1. The summed E-state index contributed by atoms with van der Waals surface area (Å²) < 4.78 is 5.48. The van der Waals surface area contributed by atoms with Crippen LogP contribution in [-0.4, -0.2) is 16.0 Å². The molecule has 144 valence electrons. The number of allylic oxidation sites excluding steroid dienone is 3. The average molecular weight is 368 g/mol. The van der Waals surface area contributed by atoms with Crippen molar-refractivity contribution in [2.24, 2.45) is 5.41 Å². The molecule has 1 unspecified atom stereocenters. The first-order valence-corrected chi connectivity index (χ1v) is 9.11. The van der Waals surface area contributed by atoms with Crippen LogP contribution in [0.4, 0.5) is 0 Å². The second-order valence-corrected chi connectivity index (χ2v) is 7.52. The summed E-state index contributed by atoms with van der Waals surface area (Å²) in [5.74, 6) is 0.520. The number of carbonyl (C=O) groups is 1. The highest BCUT2D eigenvalue weighted by Crippen LogP contribution is 2.33. The molecule has 0 fully saturated rings. The van der Waals surface area contributed by atoms with Gasteiger partial charge in [0.1, 0.15) is 17.3 Å². The molecule has 1 aromatic carbocycles. The van der Waals surface area contributed by atoms with E-state index in [1.54, 1.807) is 12.3 Å². The van der Waals surface area contributed by atoms with E-state index in [4.69, 9.17) is 4.42 Å². The van der Waals surface area contributed by atoms with Crippen molar-refractivity contribution in [2.45, 2.75) is 46.5 Å². The third kappa shape index (κ3) is 5.88. The molecule has 0 aliphatic carbocycles. The molecule has 2 rings (SSSR count). The molecule has 0 spiro atoms. The van der Waals surface area contributed by atoms with Gasteiger partial charge >= 0.3 is 0 Å². The van der Waals surface area contributed by atoms with Gasteiger partial charge in [-0.3, -0.25) is 4.79 Å². The van der Waals surface area contributed by atoms with Crippen LogP contribution in [0.25, 0.3) is 0 Å². The van der Waals surface area contributed by atoms with Gasteiger partial charge in [0.25, 0.3) is 0 Å². The molecule has 1 heterocycles. The first-order chi connectivity index (χ1) is 12.7. The van der Waals surface area contributed by atoms with E-state index < -0.39 is 0 Å². The topological polar surface area (TPSA) is 70.7 Å². The summed E-state index contributed by atoms with van der Waals surface area (Å²) in [6, 6.07) is 6.07. The molecule has 1 atom stereocenters. The Morgan fingerprint density at radius 1 is 1.30 bits per heavy atom. The number of phenolic OH excluding ortho intramolecular Hbond substituents is 2. The number of carbonyl (C=O) groups excluding carboxylic acids is 1. The maximum atomic E-state index is 12.6. The largest absolute Gasteiger partial charge is 0.508 e. The monoisotopic (exact) mass is 368 g/mol. The van der Waals surface area contributed by atoms with Crippen LogP contribution in [-0.2, 0) is 6.42 Å². The van der Waals surface area contributed by atoms with E-state index in [-0.39, 0.29) is 34.7 Å². The SMILES string of the molecule is C=CC(C)(CCC=C(C)Cc1cc(C)co1)CC(=O)c1ccc(O)cc1O. The third-order valence-electron chi connectivity index (χ3n) is 4.79. The fourth-order valence-corrected chi connectivity index (χ4v) is 3.06. The number of aromatic hydroxyl groups is 2. The van der Waals surface area contributed by atoms with Gasteiger partial charge in [-0.15, -0.1) is 6.58 Å². The molecule has 4 heteroatoms. The normalized spacial score (nSPS) is 14.0. The van der Waals surface area contributed by atoms with E-state index in [9.17, 15) is 15.0 Å². The van der Waals surface area contributed by atoms with Crippen LogP contribution < -0.4 is 0 Å². The zero-order valence-corrected chi connectivity index (χ0v) is 16.3. The summed E-state index contributed by atoms with van der Waals surface area (Å²) in [5, 5.41) is 19.3. The van der Waals surface area contributed by atoms with Gasteiger partial charge in [-0.2, -0.15) is 0 Å². The molecule has 0 bridgehead atoms. The van der Waals surface area contributed by atoms with Crippen molar-refractivity contribution in [3.8, 4) is 11.5 Å². The predicted octanol–water partition coefficient (Wildman–Crippen LogP) is 5.73. The van der Waals surface area contributed by atoms with Gasteiger partial charge in [0, 0.05) is 18.9 Å². The number of benzene rings is 1. The lowest BCUT2D eigenvalue weighted by atomic mass is 9.79. The van der Waals surface area contributed by atoms with Gasteiger partial charge in [0.05, 0.1) is 11.8 Å². The molecule has 0 saturated heterocycles. The number of rotatable bonds is 9. The number of hydrogen-bond acceptors (Lipinski definition) is 4. The molecule has 0 saturated carbocycles. The Bertz CT molecular complexity index is 844. The van der Waals surface area contributed by atoms with Crippen LogP contribution in [0, 0.1) is 12.3 Å². The summed E-state index contributed by atoms with van der Waals surface area (Å²) in [4.78, 5) is 12.6. The molecule has 0 amide bonds. The molecule has 1 aromatic heterocycles. The Kier molecular flexibility index (Phi) is 6.67. The van der Waals surface area contributed by atoms with E-state index >= 15 is 0 Å². The van der Waals surface area contributed by atoms with Crippen molar-refractivity contribution in [3.63, 3.8) is 0 Å². The summed E-state index contributed by atoms with van der Waals surface area (Å²) in [6.45, 7) is 9.96. The summed E-state index contributed by atoms with van der Waals surface area (Å²) >= 11 is 0. The van der Waals surface area contributed by atoms with E-state index in [0.717, 1.165) is 30.6 Å². The highest BCUT2D eigenvalue weighted by Gasteiger charge is 2.25. The molecule has 0 aliphatic rings. The lowest BCUT2D eigenvalue weighted by molar-refractivity contribution is 0.0937. The van der Waals surface area contributed by atoms with Gasteiger partial charge in [0.15, 0.2) is 5.78 Å².